The van der Waals surface area contributed by atoms with Crippen molar-refractivity contribution in [1.82, 2.24) is 19.9 Å². The van der Waals surface area contributed by atoms with Crippen LogP contribution in [0.5, 0.6) is 0 Å². The first kappa shape index (κ1) is 19.2. The number of carbonyl (C=O) groups excluding carboxylic acids is 1. The minimum Gasteiger partial charge on any atom is -0.356 e. The molecule has 1 aromatic rings. The highest BCUT2D eigenvalue weighted by Crippen LogP contribution is 2.18. The summed E-state index contributed by atoms with van der Waals surface area (Å²) in [5.41, 5.74) is 0.335. The van der Waals surface area contributed by atoms with E-state index in [1.807, 2.05) is 6.92 Å². The van der Waals surface area contributed by atoms with E-state index in [1.54, 1.807) is 4.90 Å². The van der Waals surface area contributed by atoms with E-state index in [0.29, 0.717) is 5.69 Å². The third-order valence-electron chi connectivity index (χ3n) is 4.66. The van der Waals surface area contributed by atoms with E-state index in [9.17, 15) is 13.2 Å². The van der Waals surface area contributed by atoms with Crippen LogP contribution in [0.15, 0.2) is 17.2 Å². The van der Waals surface area contributed by atoms with Gasteiger partial charge in [0, 0.05) is 31.4 Å². The summed E-state index contributed by atoms with van der Waals surface area (Å²) in [6, 6.07) is 1.41. The van der Waals surface area contributed by atoms with E-state index in [0.717, 1.165) is 45.3 Å². The molecule has 2 atom stereocenters. The Hall–Kier alpha value is -1.09. The van der Waals surface area contributed by atoms with E-state index in [2.05, 4.69) is 15.0 Å². The molecule has 0 saturated carbocycles. The van der Waals surface area contributed by atoms with Crippen molar-refractivity contribution in [2.75, 3.05) is 19.6 Å². The summed E-state index contributed by atoms with van der Waals surface area (Å²) in [4.78, 5) is 17.0. The van der Waals surface area contributed by atoms with Crippen molar-refractivity contribution in [1.29, 1.82) is 0 Å². The van der Waals surface area contributed by atoms with Crippen LogP contribution in [-0.4, -0.2) is 55.9 Å². The fourth-order valence-corrected chi connectivity index (χ4v) is 4.56. The molecule has 24 heavy (non-hydrogen) atoms. The molecule has 0 aromatic carbocycles. The summed E-state index contributed by atoms with van der Waals surface area (Å²) >= 11 is 0. The number of H-pyrrole nitrogens is 1. The molecule has 7 nitrogen and oxygen atoms in total. The second-order valence-electron chi connectivity index (χ2n) is 6.36. The molecule has 1 amide bonds. The average Bonchev–Trinajstić information content (AvgIpc) is 3.20. The number of nitrogens with zero attached hydrogens (tertiary/aromatic N) is 1. The topological polar surface area (TPSA) is 94.3 Å². The zero-order chi connectivity index (χ0) is 16.4. The maximum absolute atomic E-state index is 12.5. The first-order valence-electron chi connectivity index (χ1n) is 8.21. The molecule has 3 heterocycles. The van der Waals surface area contributed by atoms with Gasteiger partial charge in [-0.3, -0.25) is 4.79 Å². The average molecular weight is 377 g/mol. The molecule has 3 rings (SSSR count). The maximum atomic E-state index is 12.5. The number of carbonyl (C=O) groups is 1. The SMILES string of the molecule is CC1NCCCC1NS(=O)(=O)c1c[nH]c(C(=O)N2CCCC2)c1.Cl. The molecule has 136 valence electrons. The van der Waals surface area contributed by atoms with E-state index in [-0.39, 0.29) is 35.3 Å². The molecule has 2 unspecified atom stereocenters. The van der Waals surface area contributed by atoms with Gasteiger partial charge in [0.1, 0.15) is 10.6 Å². The summed E-state index contributed by atoms with van der Waals surface area (Å²) in [5, 5.41) is 3.27. The summed E-state index contributed by atoms with van der Waals surface area (Å²) in [6.07, 6.45) is 5.17. The zero-order valence-electron chi connectivity index (χ0n) is 13.7. The smallest absolute Gasteiger partial charge is 0.270 e. The van der Waals surface area contributed by atoms with E-state index in [4.69, 9.17) is 0 Å². The number of likely N-dealkylation sites (tertiary alicyclic amines) is 1. The van der Waals surface area contributed by atoms with Crippen molar-refractivity contribution in [3.8, 4) is 0 Å². The number of sulfonamides is 1. The van der Waals surface area contributed by atoms with Crippen LogP contribution in [0, 0.1) is 0 Å². The van der Waals surface area contributed by atoms with Crippen molar-refractivity contribution in [2.24, 2.45) is 0 Å². The number of halogens is 1. The van der Waals surface area contributed by atoms with Crippen LogP contribution in [0.25, 0.3) is 0 Å². The van der Waals surface area contributed by atoms with Crippen LogP contribution in [0.3, 0.4) is 0 Å². The fourth-order valence-electron chi connectivity index (χ4n) is 3.22. The predicted molar refractivity (Wildman–Crippen MR) is 94.0 cm³/mol. The van der Waals surface area contributed by atoms with E-state index >= 15 is 0 Å². The van der Waals surface area contributed by atoms with Crippen LogP contribution in [0.4, 0.5) is 0 Å². The standard InChI is InChI=1S/C15H24N4O3S.ClH/c1-11-13(5-4-6-16-11)18-23(21,22)12-9-14(17-10-12)15(20)19-7-2-3-8-19;/h9-11,13,16-18H,2-8H2,1H3;1H. The molecular weight excluding hydrogens is 352 g/mol. The van der Waals surface area contributed by atoms with Crippen molar-refractivity contribution in [3.63, 3.8) is 0 Å². The third kappa shape index (κ3) is 4.11. The lowest BCUT2D eigenvalue weighted by molar-refractivity contribution is 0.0787. The molecule has 1 aromatic heterocycles. The van der Waals surface area contributed by atoms with Gasteiger partial charge in [-0.2, -0.15) is 0 Å². The lowest BCUT2D eigenvalue weighted by Crippen LogP contribution is -2.51. The largest absolute Gasteiger partial charge is 0.356 e. The molecule has 3 N–H and O–H groups in total. The van der Waals surface area contributed by atoms with Crippen molar-refractivity contribution < 1.29 is 13.2 Å². The third-order valence-corrected chi connectivity index (χ3v) is 6.13. The van der Waals surface area contributed by atoms with Crippen LogP contribution in [0.1, 0.15) is 43.1 Å². The Bertz CT molecular complexity index is 670. The molecule has 0 aliphatic carbocycles. The number of piperidine rings is 1. The Labute approximate surface area is 149 Å². The Morgan fingerprint density at radius 1 is 1.29 bits per heavy atom. The summed E-state index contributed by atoms with van der Waals surface area (Å²) in [5.74, 6) is -0.128. The summed E-state index contributed by atoms with van der Waals surface area (Å²) in [6.45, 7) is 4.37. The number of hydrogen-bond donors (Lipinski definition) is 3. The molecule has 2 aliphatic rings. The number of aromatic nitrogens is 1. The Kier molecular flexibility index (Phi) is 6.30. The molecular formula is C15H25ClN4O3S. The molecule has 2 aliphatic heterocycles. The number of amides is 1. The van der Waals surface area contributed by atoms with Gasteiger partial charge in [-0.05, 0) is 45.2 Å². The lowest BCUT2D eigenvalue weighted by Gasteiger charge is -2.30. The van der Waals surface area contributed by atoms with Crippen molar-refractivity contribution in [3.05, 3.63) is 18.0 Å². The highest BCUT2D eigenvalue weighted by Gasteiger charge is 2.28. The Balaban J connectivity index is 0.00000208. The zero-order valence-corrected chi connectivity index (χ0v) is 15.4. The molecule has 2 fully saturated rings. The molecule has 0 radical (unpaired) electrons. The van der Waals surface area contributed by atoms with Gasteiger partial charge in [0.15, 0.2) is 0 Å². The van der Waals surface area contributed by atoms with Gasteiger partial charge in [0.2, 0.25) is 10.0 Å². The van der Waals surface area contributed by atoms with Gasteiger partial charge in [0.25, 0.3) is 5.91 Å². The van der Waals surface area contributed by atoms with Gasteiger partial charge >= 0.3 is 0 Å². The second-order valence-corrected chi connectivity index (χ2v) is 8.08. The fraction of sp³-hybridized carbons (Fsp3) is 0.667. The van der Waals surface area contributed by atoms with E-state index in [1.165, 1.54) is 12.3 Å². The van der Waals surface area contributed by atoms with Gasteiger partial charge < -0.3 is 15.2 Å². The van der Waals surface area contributed by atoms with Crippen LogP contribution in [-0.2, 0) is 10.0 Å². The van der Waals surface area contributed by atoms with Crippen LogP contribution in [0.2, 0.25) is 0 Å². The predicted octanol–water partition coefficient (Wildman–Crippen LogP) is 1.09. The number of rotatable bonds is 4. The first-order valence-corrected chi connectivity index (χ1v) is 9.69. The Morgan fingerprint density at radius 3 is 2.67 bits per heavy atom. The van der Waals surface area contributed by atoms with Crippen molar-refractivity contribution >= 4 is 28.3 Å². The number of hydrogen-bond acceptors (Lipinski definition) is 4. The van der Waals surface area contributed by atoms with Gasteiger partial charge in [-0.1, -0.05) is 0 Å². The highest BCUT2D eigenvalue weighted by atomic mass is 35.5. The van der Waals surface area contributed by atoms with Gasteiger partial charge in [-0.25, -0.2) is 13.1 Å². The van der Waals surface area contributed by atoms with Gasteiger partial charge in [-0.15, -0.1) is 12.4 Å². The monoisotopic (exact) mass is 376 g/mol. The minimum absolute atomic E-state index is 0. The molecule has 0 spiro atoms. The van der Waals surface area contributed by atoms with Gasteiger partial charge in [0.05, 0.1) is 0 Å². The van der Waals surface area contributed by atoms with Crippen LogP contribution >= 0.6 is 12.4 Å². The normalized spacial score (nSPS) is 24.6. The minimum atomic E-state index is -3.62. The highest BCUT2D eigenvalue weighted by molar-refractivity contribution is 7.89. The first-order chi connectivity index (χ1) is 11.0. The number of nitrogens with one attached hydrogen (secondary N) is 3. The molecule has 2 saturated heterocycles. The molecule has 9 heteroatoms. The summed E-state index contributed by atoms with van der Waals surface area (Å²) in [7, 11) is -3.62. The maximum Gasteiger partial charge on any atom is 0.270 e. The van der Waals surface area contributed by atoms with E-state index < -0.39 is 10.0 Å². The lowest BCUT2D eigenvalue weighted by atomic mass is 10.0. The van der Waals surface area contributed by atoms with Crippen LogP contribution < -0.4 is 10.0 Å². The second kappa shape index (κ2) is 7.86. The quantitative estimate of drug-likeness (QED) is 0.733. The molecule has 0 bridgehead atoms. The summed E-state index contributed by atoms with van der Waals surface area (Å²) < 4.78 is 27.8. The Morgan fingerprint density at radius 2 is 2.00 bits per heavy atom. The number of aromatic amines is 1. The van der Waals surface area contributed by atoms with Crippen molar-refractivity contribution in [2.45, 2.75) is 49.6 Å².